The van der Waals surface area contributed by atoms with E-state index in [9.17, 15) is 18.0 Å². The number of pyridine rings is 1. The molecule has 0 atom stereocenters. The van der Waals surface area contributed by atoms with Crippen molar-refractivity contribution < 1.29 is 17.9 Å². The molecule has 1 aromatic carbocycles. The normalized spacial score (nSPS) is 15.1. The molecule has 3 rings (SSSR count). The lowest BCUT2D eigenvalue weighted by Crippen LogP contribution is -2.35. The molecule has 8 nitrogen and oxygen atoms in total. The van der Waals surface area contributed by atoms with Crippen LogP contribution >= 0.6 is 0 Å². The van der Waals surface area contributed by atoms with E-state index in [1.807, 2.05) is 0 Å². The van der Waals surface area contributed by atoms with Gasteiger partial charge in [0.25, 0.3) is 11.5 Å². The summed E-state index contributed by atoms with van der Waals surface area (Å²) >= 11 is 0. The average molecular weight is 434 g/mol. The molecule has 2 aromatic rings. The number of aromatic nitrogens is 1. The Labute approximate surface area is 176 Å². The molecule has 0 bridgehead atoms. The van der Waals surface area contributed by atoms with Gasteiger partial charge in [-0.3, -0.25) is 9.59 Å². The van der Waals surface area contributed by atoms with E-state index >= 15 is 0 Å². The molecule has 0 unspecified atom stereocenters. The average Bonchev–Trinajstić information content (AvgIpc) is 2.77. The molecular formula is C21H27N3O5S. The van der Waals surface area contributed by atoms with Gasteiger partial charge in [-0.15, -0.1) is 0 Å². The van der Waals surface area contributed by atoms with Gasteiger partial charge in [-0.25, -0.2) is 8.42 Å². The number of sulfonamides is 1. The molecule has 1 saturated heterocycles. The number of nitrogens with one attached hydrogen (secondary N) is 1. The summed E-state index contributed by atoms with van der Waals surface area (Å²) in [5, 5.41) is 2.78. The molecule has 9 heteroatoms. The quantitative estimate of drug-likeness (QED) is 0.682. The summed E-state index contributed by atoms with van der Waals surface area (Å²) in [5.74, 6) is -0.342. The van der Waals surface area contributed by atoms with Gasteiger partial charge in [-0.05, 0) is 36.6 Å². The Morgan fingerprint density at radius 3 is 2.63 bits per heavy atom. The fraction of sp³-hybridized carbons (Fsp3) is 0.429. The number of hydrogen-bond acceptors (Lipinski definition) is 5. The Balaban J connectivity index is 1.68. The molecule has 1 N–H and O–H groups in total. The van der Waals surface area contributed by atoms with Gasteiger partial charge in [0.15, 0.2) is 0 Å². The first-order valence-electron chi connectivity index (χ1n) is 9.98. The molecule has 162 valence electrons. The summed E-state index contributed by atoms with van der Waals surface area (Å²) in [4.78, 5) is 24.6. The smallest absolute Gasteiger partial charge is 0.253 e. The van der Waals surface area contributed by atoms with Crippen LogP contribution in [0.25, 0.3) is 0 Å². The largest absolute Gasteiger partial charge is 0.383 e. The molecule has 1 amide bonds. The minimum Gasteiger partial charge on any atom is -0.383 e. The van der Waals surface area contributed by atoms with Crippen LogP contribution < -0.4 is 10.9 Å². The number of carbonyl (C=O) groups is 1. The van der Waals surface area contributed by atoms with E-state index in [2.05, 4.69) is 5.32 Å². The number of rotatable bonds is 8. The number of benzene rings is 1. The van der Waals surface area contributed by atoms with Crippen LogP contribution in [-0.2, 0) is 27.8 Å². The lowest BCUT2D eigenvalue weighted by atomic mass is 10.2. The number of hydrogen-bond donors (Lipinski definition) is 1. The maximum atomic E-state index is 12.9. The molecule has 1 aromatic heterocycles. The van der Waals surface area contributed by atoms with Gasteiger partial charge < -0.3 is 14.6 Å². The molecule has 2 heterocycles. The highest BCUT2D eigenvalue weighted by Crippen LogP contribution is 2.21. The maximum absolute atomic E-state index is 12.9. The van der Waals surface area contributed by atoms with Crippen molar-refractivity contribution in [3.8, 4) is 0 Å². The van der Waals surface area contributed by atoms with E-state index < -0.39 is 10.0 Å². The standard InChI is InChI=1S/C21H27N3O5S/c1-29-13-12-23-16-18(8-9-20(23)25)21(26)22-15-17-6-5-7-19(14-17)30(27,28)24-10-3-2-4-11-24/h5-9,14,16H,2-4,10-13,15H2,1H3,(H,22,26). The fourth-order valence-corrected chi connectivity index (χ4v) is 4.97. The summed E-state index contributed by atoms with van der Waals surface area (Å²) in [6.45, 7) is 1.99. The van der Waals surface area contributed by atoms with Gasteiger partial charge in [0.2, 0.25) is 10.0 Å². The monoisotopic (exact) mass is 433 g/mol. The molecule has 30 heavy (non-hydrogen) atoms. The number of carbonyl (C=O) groups excluding carboxylic acids is 1. The second kappa shape index (κ2) is 10.0. The number of piperidine rings is 1. The molecule has 0 spiro atoms. The van der Waals surface area contributed by atoms with Crippen LogP contribution in [0, 0.1) is 0 Å². The van der Waals surface area contributed by atoms with E-state index in [1.54, 1.807) is 31.4 Å². The van der Waals surface area contributed by atoms with Crippen molar-refractivity contribution in [2.45, 2.75) is 37.2 Å². The van der Waals surface area contributed by atoms with Crippen molar-refractivity contribution in [1.82, 2.24) is 14.2 Å². The lowest BCUT2D eigenvalue weighted by molar-refractivity contribution is 0.0949. The summed E-state index contributed by atoms with van der Waals surface area (Å²) < 4.78 is 33.6. The predicted octanol–water partition coefficient (Wildman–Crippen LogP) is 1.60. The van der Waals surface area contributed by atoms with Crippen molar-refractivity contribution in [2.75, 3.05) is 26.8 Å². The van der Waals surface area contributed by atoms with Gasteiger partial charge in [-0.1, -0.05) is 18.6 Å². The van der Waals surface area contributed by atoms with Crippen LogP contribution in [0.3, 0.4) is 0 Å². The fourth-order valence-electron chi connectivity index (χ4n) is 3.38. The topological polar surface area (TPSA) is 97.7 Å². The molecule has 0 saturated carbocycles. The van der Waals surface area contributed by atoms with Crippen LogP contribution in [0.2, 0.25) is 0 Å². The van der Waals surface area contributed by atoms with Crippen LogP contribution in [0.1, 0.15) is 35.2 Å². The first-order valence-corrected chi connectivity index (χ1v) is 11.4. The molecule has 1 fully saturated rings. The molecule has 1 aliphatic heterocycles. The highest BCUT2D eigenvalue weighted by molar-refractivity contribution is 7.89. The van der Waals surface area contributed by atoms with Crippen molar-refractivity contribution in [1.29, 1.82) is 0 Å². The molecule has 0 radical (unpaired) electrons. The lowest BCUT2D eigenvalue weighted by Gasteiger charge is -2.26. The maximum Gasteiger partial charge on any atom is 0.253 e. The van der Waals surface area contributed by atoms with Gasteiger partial charge in [0.05, 0.1) is 17.1 Å². The van der Waals surface area contributed by atoms with Crippen LogP contribution in [0.4, 0.5) is 0 Å². The second-order valence-electron chi connectivity index (χ2n) is 7.24. The van der Waals surface area contributed by atoms with Crippen LogP contribution in [0.5, 0.6) is 0 Å². The number of nitrogens with zero attached hydrogens (tertiary/aromatic N) is 2. The Kier molecular flexibility index (Phi) is 7.41. The summed E-state index contributed by atoms with van der Waals surface area (Å²) in [6.07, 6.45) is 4.30. The second-order valence-corrected chi connectivity index (χ2v) is 9.17. The Hall–Kier alpha value is -2.49. The first kappa shape index (κ1) is 22.2. The van der Waals surface area contributed by atoms with Crippen molar-refractivity contribution in [2.24, 2.45) is 0 Å². The van der Waals surface area contributed by atoms with Crippen LogP contribution in [0.15, 0.2) is 52.3 Å². The van der Waals surface area contributed by atoms with E-state index in [-0.39, 0.29) is 22.9 Å². The first-order chi connectivity index (χ1) is 14.4. The number of methoxy groups -OCH3 is 1. The SMILES string of the molecule is COCCn1cc(C(=O)NCc2cccc(S(=O)(=O)N3CCCCC3)c2)ccc1=O. The Morgan fingerprint density at radius 2 is 1.90 bits per heavy atom. The Morgan fingerprint density at radius 1 is 1.13 bits per heavy atom. The van der Waals surface area contributed by atoms with E-state index in [4.69, 9.17) is 4.74 Å². The number of amides is 1. The van der Waals surface area contributed by atoms with Gasteiger partial charge >= 0.3 is 0 Å². The summed E-state index contributed by atoms with van der Waals surface area (Å²) in [5.41, 5.74) is 0.830. The molecule has 1 aliphatic rings. The van der Waals surface area contributed by atoms with E-state index in [0.29, 0.717) is 37.4 Å². The van der Waals surface area contributed by atoms with Crippen molar-refractivity contribution in [3.63, 3.8) is 0 Å². The predicted molar refractivity (Wildman–Crippen MR) is 113 cm³/mol. The van der Waals surface area contributed by atoms with Crippen molar-refractivity contribution in [3.05, 3.63) is 64.1 Å². The summed E-state index contributed by atoms with van der Waals surface area (Å²) in [7, 11) is -1.98. The van der Waals surface area contributed by atoms with Crippen molar-refractivity contribution >= 4 is 15.9 Å². The third-order valence-corrected chi connectivity index (χ3v) is 6.98. The number of ether oxygens (including phenoxy) is 1. The third kappa shape index (κ3) is 5.35. The zero-order chi connectivity index (χ0) is 21.6. The summed E-state index contributed by atoms with van der Waals surface area (Å²) in [6, 6.07) is 9.46. The van der Waals surface area contributed by atoms with Gasteiger partial charge in [0.1, 0.15) is 0 Å². The van der Waals surface area contributed by atoms with E-state index in [1.165, 1.54) is 27.2 Å². The minimum atomic E-state index is -3.52. The zero-order valence-corrected chi connectivity index (χ0v) is 17.9. The molecule has 0 aliphatic carbocycles. The highest BCUT2D eigenvalue weighted by atomic mass is 32.2. The van der Waals surface area contributed by atoms with Crippen LogP contribution in [-0.4, -0.2) is 50.0 Å². The zero-order valence-electron chi connectivity index (χ0n) is 17.0. The Bertz CT molecular complexity index is 1040. The van der Waals surface area contributed by atoms with Gasteiger partial charge in [-0.2, -0.15) is 4.31 Å². The molecular weight excluding hydrogens is 406 g/mol. The van der Waals surface area contributed by atoms with E-state index in [0.717, 1.165) is 19.3 Å². The third-order valence-electron chi connectivity index (χ3n) is 5.09. The van der Waals surface area contributed by atoms with Gasteiger partial charge in [0, 0.05) is 45.6 Å². The minimum absolute atomic E-state index is 0.180. The highest BCUT2D eigenvalue weighted by Gasteiger charge is 2.25.